The molecule has 8 nitrogen and oxygen atoms in total. The molecule has 40 heavy (non-hydrogen) atoms. The molecule has 3 fully saturated rings. The summed E-state index contributed by atoms with van der Waals surface area (Å²) >= 11 is 6.28. The molecule has 3 heterocycles. The molecule has 1 aliphatic carbocycles. The van der Waals surface area contributed by atoms with Gasteiger partial charge in [0, 0.05) is 23.3 Å². The van der Waals surface area contributed by atoms with E-state index in [-0.39, 0.29) is 30.3 Å². The third-order valence-electron chi connectivity index (χ3n) is 8.80. The smallest absolute Gasteiger partial charge is 0.246 e. The summed E-state index contributed by atoms with van der Waals surface area (Å²) in [6.07, 6.45) is 8.21. The van der Waals surface area contributed by atoms with Crippen molar-refractivity contribution >= 4 is 35.0 Å². The van der Waals surface area contributed by atoms with Gasteiger partial charge in [-0.3, -0.25) is 14.4 Å². The number of halogens is 1. The van der Waals surface area contributed by atoms with Crippen molar-refractivity contribution in [2.45, 2.75) is 69.4 Å². The largest absolute Gasteiger partial charge is 0.497 e. The molecule has 2 saturated heterocycles. The van der Waals surface area contributed by atoms with Crippen LogP contribution in [-0.4, -0.2) is 53.5 Å². The molecule has 0 radical (unpaired) electrons. The number of anilines is 1. The Bertz CT molecular complexity index is 1370. The minimum atomic E-state index is -1.22. The van der Waals surface area contributed by atoms with Crippen molar-refractivity contribution in [3.8, 4) is 5.75 Å². The summed E-state index contributed by atoms with van der Waals surface area (Å²) in [6, 6.07) is 11.9. The van der Waals surface area contributed by atoms with E-state index in [4.69, 9.17) is 21.1 Å². The molecule has 9 heteroatoms. The van der Waals surface area contributed by atoms with Crippen molar-refractivity contribution in [1.29, 1.82) is 0 Å². The van der Waals surface area contributed by atoms with E-state index in [1.165, 1.54) is 6.42 Å². The lowest BCUT2D eigenvalue weighted by molar-refractivity contribution is -0.142. The number of carbonyl (C=O) groups is 3. The first-order valence-electron chi connectivity index (χ1n) is 14.0. The van der Waals surface area contributed by atoms with Crippen molar-refractivity contribution in [2.24, 2.45) is 11.8 Å². The van der Waals surface area contributed by atoms with E-state index in [0.29, 0.717) is 16.5 Å². The second-order valence-electron chi connectivity index (χ2n) is 11.3. The van der Waals surface area contributed by atoms with Crippen LogP contribution in [0.5, 0.6) is 5.75 Å². The Morgan fingerprint density at radius 1 is 1.12 bits per heavy atom. The van der Waals surface area contributed by atoms with Gasteiger partial charge in [0.25, 0.3) is 0 Å². The van der Waals surface area contributed by atoms with Crippen LogP contribution in [0.25, 0.3) is 0 Å². The van der Waals surface area contributed by atoms with E-state index in [9.17, 15) is 14.4 Å². The van der Waals surface area contributed by atoms with Gasteiger partial charge in [0.05, 0.1) is 25.0 Å². The van der Waals surface area contributed by atoms with Crippen molar-refractivity contribution in [3.05, 3.63) is 70.8 Å². The second-order valence-corrected chi connectivity index (χ2v) is 11.7. The average molecular weight is 564 g/mol. The van der Waals surface area contributed by atoms with E-state index >= 15 is 0 Å². The zero-order valence-electron chi connectivity index (χ0n) is 22.7. The summed E-state index contributed by atoms with van der Waals surface area (Å²) in [5.41, 5.74) is 1.06. The Labute approximate surface area is 239 Å². The number of aryl methyl sites for hydroxylation is 1. The molecule has 2 aromatic carbocycles. The predicted molar refractivity (Wildman–Crippen MR) is 151 cm³/mol. The minimum absolute atomic E-state index is 0.0680. The number of fused-ring (bicyclic) bond motifs is 1. The van der Waals surface area contributed by atoms with E-state index in [1.54, 1.807) is 24.1 Å². The molecular weight excluding hydrogens is 530 g/mol. The van der Waals surface area contributed by atoms with Crippen molar-refractivity contribution < 1.29 is 23.9 Å². The third kappa shape index (κ3) is 4.57. The van der Waals surface area contributed by atoms with Crippen molar-refractivity contribution in [1.82, 2.24) is 10.2 Å². The lowest BCUT2D eigenvalue weighted by Gasteiger charge is -2.34. The molecule has 0 aromatic heterocycles. The Kier molecular flexibility index (Phi) is 7.09. The highest BCUT2D eigenvalue weighted by Crippen LogP contribution is 2.55. The number of nitrogens with zero attached hydrogens (tertiary/aromatic N) is 1. The number of hydrogen-bond donors (Lipinski definition) is 2. The molecule has 6 rings (SSSR count). The number of benzene rings is 2. The SMILES string of the molecule is COc1cccc(CN2C(=O)[C@H]3[C@@H](C(=O)Nc4ccc(C)c(Cl)c4)[C@H]4C=C[C@@]3(O4)[C@@H]2C(=O)NC2CCCCC2)c1. The number of likely N-dealkylation sites (tertiary alicyclic amines) is 1. The first kappa shape index (κ1) is 26.8. The number of amides is 3. The Balaban J connectivity index is 1.32. The molecule has 1 spiro atoms. The van der Waals surface area contributed by atoms with Crippen LogP contribution in [-0.2, 0) is 25.7 Å². The highest BCUT2D eigenvalue weighted by atomic mass is 35.5. The van der Waals surface area contributed by atoms with Gasteiger partial charge in [0.15, 0.2) is 0 Å². The molecule has 0 unspecified atom stereocenters. The van der Waals surface area contributed by atoms with Gasteiger partial charge in [-0.25, -0.2) is 0 Å². The van der Waals surface area contributed by atoms with Crippen LogP contribution in [0.4, 0.5) is 5.69 Å². The highest BCUT2D eigenvalue weighted by Gasteiger charge is 2.72. The Morgan fingerprint density at radius 3 is 2.67 bits per heavy atom. The Hall–Kier alpha value is -3.36. The fourth-order valence-corrected chi connectivity index (χ4v) is 7.01. The van der Waals surface area contributed by atoms with Gasteiger partial charge in [-0.2, -0.15) is 0 Å². The molecule has 2 bridgehead atoms. The van der Waals surface area contributed by atoms with Crippen LogP contribution < -0.4 is 15.4 Å². The minimum Gasteiger partial charge on any atom is -0.497 e. The first-order valence-corrected chi connectivity index (χ1v) is 14.4. The van der Waals surface area contributed by atoms with Gasteiger partial charge < -0.3 is 25.0 Å². The molecule has 2 aromatic rings. The summed E-state index contributed by atoms with van der Waals surface area (Å²) in [5, 5.41) is 6.69. The van der Waals surface area contributed by atoms with Crippen LogP contribution in [0, 0.1) is 18.8 Å². The van der Waals surface area contributed by atoms with Gasteiger partial charge in [0.2, 0.25) is 17.7 Å². The number of nitrogens with one attached hydrogen (secondary N) is 2. The van der Waals surface area contributed by atoms with E-state index < -0.39 is 29.6 Å². The lowest BCUT2D eigenvalue weighted by atomic mass is 9.74. The molecule has 2 N–H and O–H groups in total. The molecular formula is C31H34ClN3O5. The maximum Gasteiger partial charge on any atom is 0.246 e. The van der Waals surface area contributed by atoms with Crippen LogP contribution in [0.3, 0.4) is 0 Å². The van der Waals surface area contributed by atoms with Crippen LogP contribution >= 0.6 is 11.6 Å². The quantitative estimate of drug-likeness (QED) is 0.487. The van der Waals surface area contributed by atoms with Crippen molar-refractivity contribution in [2.75, 3.05) is 12.4 Å². The van der Waals surface area contributed by atoms with Gasteiger partial charge in [-0.1, -0.05) is 61.2 Å². The highest BCUT2D eigenvalue weighted by molar-refractivity contribution is 6.31. The monoisotopic (exact) mass is 563 g/mol. The van der Waals surface area contributed by atoms with Crippen LogP contribution in [0.1, 0.15) is 43.2 Å². The average Bonchev–Trinajstić information content (AvgIpc) is 3.59. The fraction of sp³-hybridized carbons (Fsp3) is 0.452. The van der Waals surface area contributed by atoms with E-state index in [0.717, 1.165) is 36.8 Å². The maximum atomic E-state index is 14.2. The van der Waals surface area contributed by atoms with Gasteiger partial charge >= 0.3 is 0 Å². The Morgan fingerprint density at radius 2 is 1.93 bits per heavy atom. The summed E-state index contributed by atoms with van der Waals surface area (Å²) in [4.78, 5) is 43.5. The summed E-state index contributed by atoms with van der Waals surface area (Å²) in [7, 11) is 1.59. The van der Waals surface area contributed by atoms with Crippen LogP contribution in [0.15, 0.2) is 54.6 Å². The summed E-state index contributed by atoms with van der Waals surface area (Å²) in [6.45, 7) is 2.08. The zero-order chi connectivity index (χ0) is 28.0. The fourth-order valence-electron chi connectivity index (χ4n) is 6.83. The number of ether oxygens (including phenoxy) is 2. The number of rotatable bonds is 7. The normalized spacial score (nSPS) is 29.0. The maximum absolute atomic E-state index is 14.2. The molecule has 4 aliphatic rings. The first-order chi connectivity index (χ1) is 19.3. The lowest BCUT2D eigenvalue weighted by Crippen LogP contribution is -2.56. The summed E-state index contributed by atoms with van der Waals surface area (Å²) < 4.78 is 11.8. The number of hydrogen-bond acceptors (Lipinski definition) is 5. The van der Waals surface area contributed by atoms with Crippen molar-refractivity contribution in [3.63, 3.8) is 0 Å². The zero-order valence-corrected chi connectivity index (χ0v) is 23.4. The topological polar surface area (TPSA) is 97.0 Å². The summed E-state index contributed by atoms with van der Waals surface area (Å²) in [5.74, 6) is -1.77. The van der Waals surface area contributed by atoms with E-state index in [1.807, 2.05) is 49.4 Å². The molecule has 5 atom stereocenters. The predicted octanol–water partition coefficient (Wildman–Crippen LogP) is 4.40. The standard InChI is InChI=1S/C31H34ClN3O5/c1-18-11-12-21(16-23(18)32)34-28(36)25-24-13-14-31(40-24)26(25)30(38)35(17-19-7-6-10-22(15-19)39-2)27(31)29(37)33-20-8-4-3-5-9-20/h6-7,10-16,20,24-27H,3-5,8-9,17H2,1-2H3,(H,33,37)(H,34,36)/t24-,25+,26-,27+,31+/m1/s1. The molecule has 1 saturated carbocycles. The van der Waals surface area contributed by atoms with Gasteiger partial charge in [-0.05, 0) is 55.2 Å². The van der Waals surface area contributed by atoms with E-state index in [2.05, 4.69) is 10.6 Å². The number of carbonyl (C=O) groups excluding carboxylic acids is 3. The molecule has 3 aliphatic heterocycles. The molecule has 3 amide bonds. The molecule has 210 valence electrons. The number of methoxy groups -OCH3 is 1. The third-order valence-corrected chi connectivity index (χ3v) is 9.21. The van der Waals surface area contributed by atoms with Gasteiger partial charge in [-0.15, -0.1) is 0 Å². The van der Waals surface area contributed by atoms with Gasteiger partial charge in [0.1, 0.15) is 17.4 Å². The van der Waals surface area contributed by atoms with Crippen LogP contribution in [0.2, 0.25) is 5.02 Å². The second kappa shape index (κ2) is 10.6.